The Morgan fingerprint density at radius 3 is 2.50 bits per heavy atom. The van der Waals surface area contributed by atoms with E-state index in [0.29, 0.717) is 0 Å². The van der Waals surface area contributed by atoms with Gasteiger partial charge in [0.25, 0.3) is 0 Å². The Hall–Kier alpha value is -1.31. The van der Waals surface area contributed by atoms with Crippen LogP contribution in [0.25, 0.3) is 0 Å². The normalized spacial score (nSPS) is 13.4. The minimum Gasteiger partial charge on any atom is -0.271 e. The fourth-order valence-electron chi connectivity index (χ4n) is 1.31. The van der Waals surface area contributed by atoms with Crippen molar-refractivity contribution in [2.45, 2.75) is 18.9 Å². The van der Waals surface area contributed by atoms with Gasteiger partial charge in [-0.3, -0.25) is 4.68 Å². The van der Waals surface area contributed by atoms with E-state index in [1.54, 1.807) is 13.0 Å². The smallest absolute Gasteiger partial charge is 0.271 e. The molecule has 0 atom stereocenters. The quantitative estimate of drug-likeness (QED) is 0.793. The molecule has 1 aromatic heterocycles. The molecule has 0 saturated heterocycles. The summed E-state index contributed by atoms with van der Waals surface area (Å²) in [7, 11) is -2.18. The first-order valence-electron chi connectivity index (χ1n) is 5.07. The fraction of sp³-hybridized carbons (Fsp3) is 0.500. The summed E-state index contributed by atoms with van der Waals surface area (Å²) >= 11 is 0. The first-order chi connectivity index (χ1) is 8.15. The van der Waals surface area contributed by atoms with Crippen molar-refractivity contribution in [1.82, 2.24) is 9.78 Å². The summed E-state index contributed by atoms with van der Waals surface area (Å²) in [6.45, 7) is 1.67. The summed E-state index contributed by atoms with van der Waals surface area (Å²) in [4.78, 5) is 0. The van der Waals surface area contributed by atoms with Gasteiger partial charge in [-0.1, -0.05) is 12.2 Å². The predicted octanol–water partition coefficient (Wildman–Crippen LogP) is 1.93. The lowest BCUT2D eigenvalue weighted by atomic mass is 10.4. The molecule has 0 aliphatic carbocycles. The first kappa shape index (κ1) is 14.7. The van der Waals surface area contributed by atoms with Gasteiger partial charge in [0.1, 0.15) is 0 Å². The summed E-state index contributed by atoms with van der Waals surface area (Å²) in [5.74, 6) is -0.660. The van der Waals surface area contributed by atoms with Gasteiger partial charge in [-0.25, -0.2) is 8.42 Å². The molecule has 0 fully saturated rings. The van der Waals surface area contributed by atoms with E-state index >= 15 is 0 Å². The largest absolute Gasteiger partial charge is 0.435 e. The van der Waals surface area contributed by atoms with Crippen LogP contribution in [-0.2, 0) is 28.8 Å². The van der Waals surface area contributed by atoms with Crippen LogP contribution in [0.3, 0.4) is 0 Å². The Balaban J connectivity index is 2.96. The number of aromatic nitrogens is 2. The van der Waals surface area contributed by atoms with Crippen LogP contribution in [0.1, 0.15) is 18.3 Å². The lowest BCUT2D eigenvalue weighted by Gasteiger charge is -2.01. The molecule has 18 heavy (non-hydrogen) atoms. The Morgan fingerprint density at radius 2 is 2.06 bits per heavy atom. The van der Waals surface area contributed by atoms with E-state index in [2.05, 4.69) is 5.10 Å². The van der Waals surface area contributed by atoms with E-state index in [-0.39, 0.29) is 11.4 Å². The third kappa shape index (κ3) is 3.86. The summed E-state index contributed by atoms with van der Waals surface area (Å²) in [6.07, 6.45) is -1.55. The summed E-state index contributed by atoms with van der Waals surface area (Å²) in [5, 5.41) is 3.26. The highest BCUT2D eigenvalue weighted by molar-refractivity contribution is 7.90. The number of nitrogens with zero attached hydrogens (tertiary/aromatic N) is 2. The first-order valence-corrected chi connectivity index (χ1v) is 6.89. The molecule has 0 saturated carbocycles. The maximum absolute atomic E-state index is 12.4. The third-order valence-corrected chi connectivity index (χ3v) is 3.66. The molecule has 1 aromatic rings. The van der Waals surface area contributed by atoms with Crippen molar-refractivity contribution < 1.29 is 21.6 Å². The van der Waals surface area contributed by atoms with Crippen LogP contribution in [0.5, 0.6) is 0 Å². The molecular formula is C10H13F3N2O2S. The van der Waals surface area contributed by atoms with Crippen molar-refractivity contribution in [3.63, 3.8) is 0 Å². The van der Waals surface area contributed by atoms with Gasteiger partial charge in [0.2, 0.25) is 0 Å². The number of alkyl halides is 3. The zero-order valence-corrected chi connectivity index (χ0v) is 10.7. The molecule has 0 N–H and O–H groups in total. The topological polar surface area (TPSA) is 52.0 Å². The van der Waals surface area contributed by atoms with Gasteiger partial charge >= 0.3 is 6.18 Å². The summed E-state index contributed by atoms with van der Waals surface area (Å²) in [6, 6.07) is 0.757. The number of allylic oxidation sites excluding steroid dienone is 1. The summed E-state index contributed by atoms with van der Waals surface area (Å²) in [5.41, 5.74) is -1.06. The SMILES string of the molecule is CC=CCS(=O)(=O)Cc1cc(C(F)(F)F)nn1C. The zero-order chi connectivity index (χ0) is 14.0. The van der Waals surface area contributed by atoms with Gasteiger partial charge in [0, 0.05) is 7.05 Å². The van der Waals surface area contributed by atoms with E-state index in [1.165, 1.54) is 13.1 Å². The van der Waals surface area contributed by atoms with Crippen molar-refractivity contribution in [3.8, 4) is 0 Å². The number of hydrogen-bond donors (Lipinski definition) is 0. The van der Waals surface area contributed by atoms with Crippen LogP contribution in [0, 0.1) is 0 Å². The molecule has 0 bridgehead atoms. The van der Waals surface area contributed by atoms with Gasteiger partial charge in [-0.05, 0) is 13.0 Å². The van der Waals surface area contributed by atoms with Crippen molar-refractivity contribution in [3.05, 3.63) is 29.6 Å². The van der Waals surface area contributed by atoms with Crippen LogP contribution in [0.15, 0.2) is 18.2 Å². The van der Waals surface area contributed by atoms with Crippen molar-refractivity contribution in [2.24, 2.45) is 7.05 Å². The number of halogens is 3. The molecule has 1 heterocycles. The highest BCUT2D eigenvalue weighted by atomic mass is 32.2. The summed E-state index contributed by atoms with van der Waals surface area (Å²) < 4.78 is 61.3. The maximum atomic E-state index is 12.4. The molecule has 0 unspecified atom stereocenters. The maximum Gasteiger partial charge on any atom is 0.435 e. The molecule has 8 heteroatoms. The molecular weight excluding hydrogens is 269 g/mol. The second kappa shape index (κ2) is 5.13. The Kier molecular flexibility index (Phi) is 4.20. The Bertz CT molecular complexity index is 544. The Morgan fingerprint density at radius 1 is 1.44 bits per heavy atom. The average Bonchev–Trinajstić information content (AvgIpc) is 2.56. The van der Waals surface area contributed by atoms with E-state index in [9.17, 15) is 21.6 Å². The lowest BCUT2D eigenvalue weighted by Crippen LogP contribution is -2.10. The molecule has 1 rings (SSSR count). The second-order valence-corrected chi connectivity index (χ2v) is 5.88. The number of hydrogen-bond acceptors (Lipinski definition) is 3. The highest BCUT2D eigenvalue weighted by Gasteiger charge is 2.34. The number of aryl methyl sites for hydroxylation is 1. The van der Waals surface area contributed by atoms with Gasteiger partial charge in [0.05, 0.1) is 17.2 Å². The lowest BCUT2D eigenvalue weighted by molar-refractivity contribution is -0.141. The van der Waals surface area contributed by atoms with Gasteiger partial charge in [-0.15, -0.1) is 0 Å². The van der Waals surface area contributed by atoms with Crippen LogP contribution in [0.4, 0.5) is 13.2 Å². The highest BCUT2D eigenvalue weighted by Crippen LogP contribution is 2.28. The van der Waals surface area contributed by atoms with E-state index < -0.39 is 27.5 Å². The predicted molar refractivity (Wildman–Crippen MR) is 60.5 cm³/mol. The van der Waals surface area contributed by atoms with E-state index in [1.807, 2.05) is 0 Å². The molecule has 102 valence electrons. The van der Waals surface area contributed by atoms with Crippen LogP contribution in [0.2, 0.25) is 0 Å². The van der Waals surface area contributed by atoms with Gasteiger partial charge in [0.15, 0.2) is 15.5 Å². The molecule has 0 spiro atoms. The van der Waals surface area contributed by atoms with E-state index in [0.717, 1.165) is 10.7 Å². The Labute approximate surface area is 103 Å². The minimum absolute atomic E-state index is 0.0202. The zero-order valence-electron chi connectivity index (χ0n) is 9.90. The molecule has 0 aliphatic heterocycles. The van der Waals surface area contributed by atoms with Crippen molar-refractivity contribution >= 4 is 9.84 Å². The monoisotopic (exact) mass is 282 g/mol. The van der Waals surface area contributed by atoms with Gasteiger partial charge in [-0.2, -0.15) is 18.3 Å². The standard InChI is InChI=1S/C10H13F3N2O2S/c1-3-4-5-18(16,17)7-8-6-9(10(11,12)13)14-15(8)2/h3-4,6H,5,7H2,1-2H3. The number of sulfone groups is 1. The molecule has 0 amide bonds. The second-order valence-electron chi connectivity index (χ2n) is 3.77. The van der Waals surface area contributed by atoms with Crippen LogP contribution in [-0.4, -0.2) is 24.0 Å². The van der Waals surface area contributed by atoms with Crippen molar-refractivity contribution in [2.75, 3.05) is 5.75 Å². The molecule has 0 aromatic carbocycles. The van der Waals surface area contributed by atoms with Crippen LogP contribution < -0.4 is 0 Å². The molecule has 0 aliphatic rings. The van der Waals surface area contributed by atoms with Crippen molar-refractivity contribution in [1.29, 1.82) is 0 Å². The van der Waals surface area contributed by atoms with Gasteiger partial charge < -0.3 is 0 Å². The van der Waals surface area contributed by atoms with E-state index in [4.69, 9.17) is 0 Å². The molecule has 0 radical (unpaired) electrons. The minimum atomic E-state index is -4.57. The number of rotatable bonds is 4. The average molecular weight is 282 g/mol. The van der Waals surface area contributed by atoms with Crippen LogP contribution >= 0.6 is 0 Å². The fourth-order valence-corrected chi connectivity index (χ4v) is 2.63. The molecule has 4 nitrogen and oxygen atoms in total. The third-order valence-electron chi connectivity index (χ3n) is 2.22.